The predicted octanol–water partition coefficient (Wildman–Crippen LogP) is 0.568. The molecule has 1 atom stereocenters. The lowest BCUT2D eigenvalue weighted by Gasteiger charge is -2.10. The van der Waals surface area contributed by atoms with Crippen LogP contribution < -0.4 is 11.1 Å². The lowest BCUT2D eigenvalue weighted by Crippen LogP contribution is -2.37. The minimum absolute atomic E-state index is 0.0194. The molecule has 0 saturated heterocycles. The van der Waals surface area contributed by atoms with Gasteiger partial charge in [-0.1, -0.05) is 17.8 Å². The normalized spacial score (nSPS) is 12.5. The van der Waals surface area contributed by atoms with E-state index in [4.69, 9.17) is 5.73 Å². The highest BCUT2D eigenvalue weighted by atomic mass is 32.1. The summed E-state index contributed by atoms with van der Waals surface area (Å²) in [5.41, 5.74) is 6.21. The summed E-state index contributed by atoms with van der Waals surface area (Å²) in [5, 5.41) is 6.73. The van der Waals surface area contributed by atoms with Crippen molar-refractivity contribution in [3.8, 4) is 0 Å². The third-order valence-electron chi connectivity index (χ3n) is 1.98. The molecular weight excluding hydrogens is 212 g/mol. The Bertz CT molecular complexity index is 326. The van der Waals surface area contributed by atoms with E-state index in [1.807, 2.05) is 13.8 Å². The summed E-state index contributed by atoms with van der Waals surface area (Å²) in [7, 11) is 0. The molecule has 5 nitrogen and oxygen atoms in total. The Morgan fingerprint density at radius 2 is 2.40 bits per heavy atom. The molecule has 0 saturated carbocycles. The second-order valence-electron chi connectivity index (χ2n) is 3.41. The second kappa shape index (κ2) is 5.77. The van der Waals surface area contributed by atoms with E-state index in [-0.39, 0.29) is 11.9 Å². The van der Waals surface area contributed by atoms with Crippen LogP contribution in [0.5, 0.6) is 0 Å². The molecule has 84 valence electrons. The van der Waals surface area contributed by atoms with Gasteiger partial charge in [0.2, 0.25) is 0 Å². The minimum Gasteiger partial charge on any atom is -0.348 e. The first-order valence-corrected chi connectivity index (χ1v) is 5.78. The lowest BCUT2D eigenvalue weighted by molar-refractivity contribution is 0.0944. The van der Waals surface area contributed by atoms with Gasteiger partial charge in [-0.15, -0.1) is 5.10 Å². The van der Waals surface area contributed by atoms with Crippen LogP contribution in [-0.2, 0) is 6.42 Å². The number of carbonyl (C=O) groups excluding carboxylic acids is 1. The molecule has 1 aromatic heterocycles. The summed E-state index contributed by atoms with van der Waals surface area (Å²) in [5.74, 6) is -0.119. The fourth-order valence-electron chi connectivity index (χ4n) is 1.13. The SMILES string of the molecule is CCCc1nnsc1C(=O)N[C@H](C)CN. The molecule has 6 heteroatoms. The van der Waals surface area contributed by atoms with Gasteiger partial charge in [0.15, 0.2) is 0 Å². The van der Waals surface area contributed by atoms with Gasteiger partial charge in [0, 0.05) is 12.6 Å². The van der Waals surface area contributed by atoms with Gasteiger partial charge < -0.3 is 11.1 Å². The molecule has 0 aliphatic carbocycles. The van der Waals surface area contributed by atoms with E-state index in [9.17, 15) is 4.79 Å². The topological polar surface area (TPSA) is 80.9 Å². The van der Waals surface area contributed by atoms with E-state index in [2.05, 4.69) is 14.9 Å². The molecule has 1 heterocycles. The van der Waals surface area contributed by atoms with Crippen LogP contribution in [0.4, 0.5) is 0 Å². The minimum atomic E-state index is -0.119. The Kier molecular flexibility index (Phi) is 4.64. The Balaban J connectivity index is 2.68. The highest BCUT2D eigenvalue weighted by molar-refractivity contribution is 7.08. The number of nitrogens with one attached hydrogen (secondary N) is 1. The fourth-order valence-corrected chi connectivity index (χ4v) is 1.74. The third kappa shape index (κ3) is 3.24. The van der Waals surface area contributed by atoms with Crippen molar-refractivity contribution in [2.24, 2.45) is 5.73 Å². The average Bonchev–Trinajstić information content (AvgIpc) is 2.66. The number of amides is 1. The van der Waals surface area contributed by atoms with Gasteiger partial charge in [-0.25, -0.2) is 0 Å². The van der Waals surface area contributed by atoms with E-state index < -0.39 is 0 Å². The number of hydrogen-bond acceptors (Lipinski definition) is 5. The van der Waals surface area contributed by atoms with E-state index in [0.29, 0.717) is 11.4 Å². The molecule has 0 radical (unpaired) electrons. The van der Waals surface area contributed by atoms with Crippen LogP contribution in [-0.4, -0.2) is 28.1 Å². The van der Waals surface area contributed by atoms with E-state index in [1.165, 1.54) is 0 Å². The number of nitrogens with two attached hydrogens (primary N) is 1. The zero-order valence-corrected chi connectivity index (χ0v) is 9.80. The monoisotopic (exact) mass is 228 g/mol. The summed E-state index contributed by atoms with van der Waals surface area (Å²) >= 11 is 1.14. The van der Waals surface area contributed by atoms with Crippen LogP contribution in [0.25, 0.3) is 0 Å². The summed E-state index contributed by atoms with van der Waals surface area (Å²) < 4.78 is 3.79. The number of aryl methyl sites for hydroxylation is 1. The van der Waals surface area contributed by atoms with Crippen LogP contribution >= 0.6 is 11.5 Å². The van der Waals surface area contributed by atoms with Crippen molar-refractivity contribution < 1.29 is 4.79 Å². The predicted molar refractivity (Wildman–Crippen MR) is 59.9 cm³/mol. The van der Waals surface area contributed by atoms with Crippen LogP contribution in [0.2, 0.25) is 0 Å². The zero-order chi connectivity index (χ0) is 11.3. The largest absolute Gasteiger partial charge is 0.348 e. The maximum absolute atomic E-state index is 11.7. The first kappa shape index (κ1) is 12.1. The molecule has 1 aromatic rings. The summed E-state index contributed by atoms with van der Waals surface area (Å²) in [4.78, 5) is 12.3. The summed E-state index contributed by atoms with van der Waals surface area (Å²) in [6, 6.07) is -0.0194. The molecule has 0 spiro atoms. The summed E-state index contributed by atoms with van der Waals surface area (Å²) in [6.45, 7) is 4.34. The van der Waals surface area contributed by atoms with Crippen molar-refractivity contribution in [2.45, 2.75) is 32.7 Å². The maximum atomic E-state index is 11.7. The van der Waals surface area contributed by atoms with Crippen LogP contribution in [0.3, 0.4) is 0 Å². The van der Waals surface area contributed by atoms with Gasteiger partial charge in [-0.05, 0) is 24.9 Å². The molecular formula is C9H16N4OS. The van der Waals surface area contributed by atoms with Gasteiger partial charge in [0.05, 0.1) is 5.69 Å². The van der Waals surface area contributed by atoms with Crippen molar-refractivity contribution in [1.29, 1.82) is 0 Å². The molecule has 0 aliphatic heterocycles. The van der Waals surface area contributed by atoms with Gasteiger partial charge >= 0.3 is 0 Å². The molecule has 0 aliphatic rings. The zero-order valence-electron chi connectivity index (χ0n) is 8.99. The summed E-state index contributed by atoms with van der Waals surface area (Å²) in [6.07, 6.45) is 1.74. The Labute approximate surface area is 93.2 Å². The number of carbonyl (C=O) groups is 1. The van der Waals surface area contributed by atoms with Crippen molar-refractivity contribution in [3.05, 3.63) is 10.6 Å². The van der Waals surface area contributed by atoms with Gasteiger partial charge in [-0.3, -0.25) is 4.79 Å². The molecule has 15 heavy (non-hydrogen) atoms. The Morgan fingerprint density at radius 3 is 3.00 bits per heavy atom. The Hall–Kier alpha value is -1.01. The van der Waals surface area contributed by atoms with Crippen molar-refractivity contribution in [3.63, 3.8) is 0 Å². The molecule has 0 unspecified atom stereocenters. The van der Waals surface area contributed by atoms with Crippen molar-refractivity contribution >= 4 is 17.4 Å². The van der Waals surface area contributed by atoms with Crippen molar-refractivity contribution in [1.82, 2.24) is 14.9 Å². The number of nitrogens with zero attached hydrogens (tertiary/aromatic N) is 2. The van der Waals surface area contributed by atoms with Crippen molar-refractivity contribution in [2.75, 3.05) is 6.54 Å². The third-order valence-corrected chi connectivity index (χ3v) is 2.75. The standard InChI is InChI=1S/C9H16N4OS/c1-3-4-7-8(15-13-12-7)9(14)11-6(2)5-10/h6H,3-5,10H2,1-2H3,(H,11,14)/t6-/m1/s1. The van der Waals surface area contributed by atoms with E-state index >= 15 is 0 Å². The number of rotatable bonds is 5. The molecule has 3 N–H and O–H groups in total. The second-order valence-corrected chi connectivity index (χ2v) is 4.16. The number of aromatic nitrogens is 2. The highest BCUT2D eigenvalue weighted by Crippen LogP contribution is 2.12. The van der Waals surface area contributed by atoms with Gasteiger partial charge in [-0.2, -0.15) is 0 Å². The lowest BCUT2D eigenvalue weighted by atomic mass is 10.2. The molecule has 0 bridgehead atoms. The first-order valence-electron chi connectivity index (χ1n) is 5.01. The van der Waals surface area contributed by atoms with E-state index in [0.717, 1.165) is 30.1 Å². The first-order chi connectivity index (χ1) is 7.19. The van der Waals surface area contributed by atoms with Crippen LogP contribution in [0.1, 0.15) is 35.6 Å². The molecule has 0 fully saturated rings. The van der Waals surface area contributed by atoms with Gasteiger partial charge in [0.1, 0.15) is 4.88 Å². The maximum Gasteiger partial charge on any atom is 0.265 e. The van der Waals surface area contributed by atoms with Gasteiger partial charge in [0.25, 0.3) is 5.91 Å². The fraction of sp³-hybridized carbons (Fsp3) is 0.667. The molecule has 1 amide bonds. The quantitative estimate of drug-likeness (QED) is 0.772. The Morgan fingerprint density at radius 1 is 1.67 bits per heavy atom. The van der Waals surface area contributed by atoms with Crippen LogP contribution in [0.15, 0.2) is 0 Å². The molecule has 0 aromatic carbocycles. The van der Waals surface area contributed by atoms with E-state index in [1.54, 1.807) is 0 Å². The average molecular weight is 228 g/mol. The number of hydrogen-bond donors (Lipinski definition) is 2. The van der Waals surface area contributed by atoms with Crippen LogP contribution in [0, 0.1) is 0 Å². The smallest absolute Gasteiger partial charge is 0.265 e. The molecule has 1 rings (SSSR count). The highest BCUT2D eigenvalue weighted by Gasteiger charge is 2.16.